The van der Waals surface area contributed by atoms with Crippen molar-refractivity contribution in [1.29, 1.82) is 0 Å². The van der Waals surface area contributed by atoms with Crippen LogP contribution in [-0.2, 0) is 12.6 Å². The first kappa shape index (κ1) is 18.7. The van der Waals surface area contributed by atoms with E-state index in [2.05, 4.69) is 87.3 Å². The Bertz CT molecular complexity index is 908. The topological polar surface area (TPSA) is 8.81 Å². The molecule has 3 rings (SSSR count). The number of hydrogen-bond acceptors (Lipinski definition) is 2. The van der Waals surface area contributed by atoms with Crippen LogP contribution in [0.25, 0.3) is 11.4 Å². The van der Waals surface area contributed by atoms with Crippen molar-refractivity contribution in [2.24, 2.45) is 0 Å². The third-order valence-electron chi connectivity index (χ3n) is 4.76. The van der Waals surface area contributed by atoms with E-state index < -0.39 is 0 Å². The second kappa shape index (κ2) is 6.93. The first-order chi connectivity index (χ1) is 12.2. The van der Waals surface area contributed by atoms with Gasteiger partial charge in [0.2, 0.25) is 0 Å². The highest BCUT2D eigenvalue weighted by molar-refractivity contribution is 8.01. The van der Waals surface area contributed by atoms with E-state index in [0.717, 1.165) is 17.2 Å². The largest absolute Gasteiger partial charge is 0.421 e. The monoisotopic (exact) mass is 380 g/mol. The van der Waals surface area contributed by atoms with Gasteiger partial charge in [-0.05, 0) is 68.0 Å². The Labute approximate surface area is 166 Å². The molecule has 2 aromatic carbocycles. The third kappa shape index (κ3) is 3.19. The molecule has 0 saturated heterocycles. The molecule has 1 heterocycles. The molecule has 1 aromatic heterocycles. The molecule has 0 aliphatic rings. The lowest BCUT2D eigenvalue weighted by molar-refractivity contribution is -0.596. The van der Waals surface area contributed by atoms with Crippen LogP contribution in [0.2, 0.25) is 0 Å². The van der Waals surface area contributed by atoms with Gasteiger partial charge in [0, 0.05) is 0 Å². The minimum Gasteiger partial charge on any atom is -0.421 e. The van der Waals surface area contributed by atoms with Gasteiger partial charge < -0.3 is 24.8 Å². The number of rotatable bonds is 3. The average Bonchev–Trinajstić information content (AvgIpc) is 2.89. The van der Waals surface area contributed by atoms with Crippen LogP contribution in [0, 0.1) is 41.5 Å². The predicted molar refractivity (Wildman–Crippen MR) is 115 cm³/mol. The molecule has 0 radical (unpaired) electrons. The fourth-order valence-corrected chi connectivity index (χ4v) is 4.45. The number of hydrogen-bond donors (Lipinski definition) is 0. The third-order valence-corrected chi connectivity index (χ3v) is 5.12. The Morgan fingerprint density at radius 2 is 1.31 bits per heavy atom. The molecule has 3 aromatic rings. The maximum atomic E-state index is 5.49. The van der Waals surface area contributed by atoms with Gasteiger partial charge in [-0.2, -0.15) is 9.13 Å². The number of thiocarbonyl (C=S) groups is 1. The van der Waals surface area contributed by atoms with Crippen molar-refractivity contribution in [2.75, 3.05) is 0 Å². The summed E-state index contributed by atoms with van der Waals surface area (Å²) in [7, 11) is 0. The Hall–Kier alpha value is -2.04. The van der Waals surface area contributed by atoms with Gasteiger partial charge in [-0.25, -0.2) is 0 Å². The normalized spacial score (nSPS) is 11.0. The minimum atomic E-state index is 0.466. The summed E-state index contributed by atoms with van der Waals surface area (Å²) in [5.41, 5.74) is 9.70. The van der Waals surface area contributed by atoms with Gasteiger partial charge in [0.1, 0.15) is 23.8 Å². The fourth-order valence-electron chi connectivity index (χ4n) is 4.05. The summed E-state index contributed by atoms with van der Waals surface area (Å²) in [6.07, 6.45) is 4.13. The van der Waals surface area contributed by atoms with Gasteiger partial charge in [-0.15, -0.1) is 0 Å². The van der Waals surface area contributed by atoms with E-state index in [4.69, 9.17) is 24.8 Å². The van der Waals surface area contributed by atoms with Crippen LogP contribution in [0.3, 0.4) is 0 Å². The molecular weight excluding hydrogens is 356 g/mol. The molecule has 0 fully saturated rings. The van der Waals surface area contributed by atoms with Crippen LogP contribution in [0.4, 0.5) is 0 Å². The highest BCUT2D eigenvalue weighted by Crippen LogP contribution is 2.24. The van der Waals surface area contributed by atoms with Crippen LogP contribution in [0.15, 0.2) is 36.7 Å². The highest BCUT2D eigenvalue weighted by Gasteiger charge is 2.24. The molecule has 0 spiro atoms. The van der Waals surface area contributed by atoms with Gasteiger partial charge in [-0.3, -0.25) is 0 Å². The zero-order valence-corrected chi connectivity index (χ0v) is 17.8. The summed E-state index contributed by atoms with van der Waals surface area (Å²) in [5.74, 6) is 0.861. The van der Waals surface area contributed by atoms with Crippen molar-refractivity contribution in [3.8, 4) is 11.4 Å². The standard InChI is InChI=1S/C22H24N2S2/c1-13-9-15(3)19(16(4)10-13)23-7-8-24(21(23)22(25)26)20-17(5)11-14(2)12-18(20)6/h7-12H,1-6H3. The lowest BCUT2D eigenvalue weighted by atomic mass is 10.0. The van der Waals surface area contributed by atoms with E-state index >= 15 is 0 Å². The number of aromatic nitrogens is 2. The van der Waals surface area contributed by atoms with Gasteiger partial charge in [-0.1, -0.05) is 35.4 Å². The minimum absolute atomic E-state index is 0.466. The molecule has 0 amide bonds. The van der Waals surface area contributed by atoms with Crippen LogP contribution in [0.5, 0.6) is 0 Å². The van der Waals surface area contributed by atoms with E-state index in [1.54, 1.807) is 0 Å². The molecule has 0 unspecified atom stereocenters. The Morgan fingerprint density at radius 3 is 1.77 bits per heavy atom. The summed E-state index contributed by atoms with van der Waals surface area (Å²) in [6.45, 7) is 12.8. The summed E-state index contributed by atoms with van der Waals surface area (Å²) in [4.78, 5) is 0. The van der Waals surface area contributed by atoms with E-state index in [-0.39, 0.29) is 0 Å². The van der Waals surface area contributed by atoms with Crippen molar-refractivity contribution in [3.05, 3.63) is 75.9 Å². The maximum absolute atomic E-state index is 5.49. The molecule has 0 aliphatic heterocycles. The van der Waals surface area contributed by atoms with E-state index in [9.17, 15) is 0 Å². The molecule has 26 heavy (non-hydrogen) atoms. The first-order valence-corrected chi connectivity index (χ1v) is 9.53. The number of aryl methyl sites for hydroxylation is 6. The summed E-state index contributed by atoms with van der Waals surface area (Å²) in [5, 5.41) is 0. The number of benzene rings is 2. The lowest BCUT2D eigenvalue weighted by Gasteiger charge is -2.14. The first-order valence-electron chi connectivity index (χ1n) is 8.71. The summed E-state index contributed by atoms with van der Waals surface area (Å²) in [6, 6.07) is 8.80. The van der Waals surface area contributed by atoms with Crippen molar-refractivity contribution in [3.63, 3.8) is 0 Å². The molecule has 0 atom stereocenters. The molecule has 134 valence electrons. The molecule has 2 nitrogen and oxygen atoms in total. The number of imidazole rings is 1. The highest BCUT2D eigenvalue weighted by atomic mass is 32.1. The quantitative estimate of drug-likeness (QED) is 0.366. The number of nitrogens with zero attached hydrogens (tertiary/aromatic N) is 2. The molecular formula is C22H24N2S2. The lowest BCUT2D eigenvalue weighted by Crippen LogP contribution is -2.38. The summed E-state index contributed by atoms with van der Waals surface area (Å²) >= 11 is 11.0. The molecule has 0 N–H and O–H groups in total. The van der Waals surface area contributed by atoms with Crippen molar-refractivity contribution in [1.82, 2.24) is 4.57 Å². The van der Waals surface area contributed by atoms with Crippen LogP contribution in [0.1, 0.15) is 39.2 Å². The Morgan fingerprint density at radius 1 is 0.846 bits per heavy atom. The van der Waals surface area contributed by atoms with Gasteiger partial charge in [0.05, 0.1) is 0 Å². The van der Waals surface area contributed by atoms with E-state index in [1.165, 1.54) is 33.4 Å². The summed E-state index contributed by atoms with van der Waals surface area (Å²) < 4.78 is 4.74. The maximum Gasteiger partial charge on any atom is 0.279 e. The molecule has 0 saturated carbocycles. The Kier molecular flexibility index (Phi) is 5.00. The van der Waals surface area contributed by atoms with Gasteiger partial charge >= 0.3 is 0 Å². The molecule has 0 bridgehead atoms. The average molecular weight is 381 g/mol. The fraction of sp³-hybridized carbons (Fsp3) is 0.273. The van der Waals surface area contributed by atoms with Gasteiger partial charge in [0.15, 0.2) is 0 Å². The smallest absolute Gasteiger partial charge is 0.279 e. The van der Waals surface area contributed by atoms with E-state index in [1.807, 2.05) is 0 Å². The SMILES string of the molecule is Cc1cc(C)c(-n2cc[n+](-c3c(C)cc(C)cc3C)c2C(=S)[S-])c(C)c1. The second-order valence-electron chi connectivity index (χ2n) is 7.14. The molecule has 0 aliphatic carbocycles. The van der Waals surface area contributed by atoms with Crippen molar-refractivity contribution >= 4 is 29.0 Å². The second-order valence-corrected chi connectivity index (χ2v) is 8.22. The van der Waals surface area contributed by atoms with Crippen LogP contribution in [-0.4, -0.2) is 8.76 Å². The van der Waals surface area contributed by atoms with Crippen LogP contribution < -0.4 is 4.57 Å². The van der Waals surface area contributed by atoms with Crippen molar-refractivity contribution < 1.29 is 4.57 Å². The zero-order chi connectivity index (χ0) is 19.2. The van der Waals surface area contributed by atoms with Crippen LogP contribution >= 0.6 is 12.2 Å². The van der Waals surface area contributed by atoms with Crippen molar-refractivity contribution in [2.45, 2.75) is 41.5 Å². The zero-order valence-electron chi connectivity index (χ0n) is 16.2. The molecule has 4 heteroatoms. The Balaban J connectivity index is 2.33. The van der Waals surface area contributed by atoms with E-state index in [0.29, 0.717) is 4.20 Å². The predicted octanol–water partition coefficient (Wildman–Crippen LogP) is 4.83. The van der Waals surface area contributed by atoms with Gasteiger partial charge in [0.25, 0.3) is 5.82 Å².